The van der Waals surface area contributed by atoms with Crippen LogP contribution in [0.25, 0.3) is 75.5 Å². The van der Waals surface area contributed by atoms with Gasteiger partial charge in [0.2, 0.25) is 0 Å². The Morgan fingerprint density at radius 1 is 0.313 bits per heavy atom. The fraction of sp³-hybridized carbons (Fsp3) is 0.0154. The molecule has 12 aromatic rings. The van der Waals surface area contributed by atoms with Gasteiger partial charge in [-0.15, -0.1) is 11.3 Å². The second kappa shape index (κ2) is 16.0. The minimum absolute atomic E-state index is 0.452. The van der Waals surface area contributed by atoms with Crippen molar-refractivity contribution in [1.29, 1.82) is 0 Å². The van der Waals surface area contributed by atoms with Crippen molar-refractivity contribution in [1.82, 2.24) is 0 Å². The second-order valence-electron chi connectivity index (χ2n) is 17.6. The third-order valence-electron chi connectivity index (χ3n) is 14.0. The molecule has 0 saturated heterocycles. The molecule has 11 aromatic carbocycles. The number of anilines is 3. The Kier molecular flexibility index (Phi) is 9.33. The average molecular weight is 870 g/mol. The lowest BCUT2D eigenvalue weighted by Gasteiger charge is -2.34. The molecule has 1 aliphatic rings. The summed E-state index contributed by atoms with van der Waals surface area (Å²) in [6, 6.07) is 96.2. The van der Waals surface area contributed by atoms with Gasteiger partial charge in [-0.2, -0.15) is 0 Å². The van der Waals surface area contributed by atoms with Crippen LogP contribution in [0.5, 0.6) is 0 Å². The predicted molar refractivity (Wildman–Crippen MR) is 285 cm³/mol. The maximum atomic E-state index is 2.45. The third kappa shape index (κ3) is 6.37. The van der Waals surface area contributed by atoms with Crippen LogP contribution in [0.1, 0.15) is 22.3 Å². The lowest BCUT2D eigenvalue weighted by Crippen LogP contribution is -2.28. The summed E-state index contributed by atoms with van der Waals surface area (Å²) >= 11 is 1.86. The van der Waals surface area contributed by atoms with Gasteiger partial charge in [0.25, 0.3) is 0 Å². The van der Waals surface area contributed by atoms with Crippen molar-refractivity contribution >= 4 is 59.3 Å². The molecular formula is C65H43NS. The molecule has 0 fully saturated rings. The van der Waals surface area contributed by atoms with E-state index >= 15 is 0 Å². The molecular weight excluding hydrogens is 827 g/mol. The van der Waals surface area contributed by atoms with Gasteiger partial charge in [-0.3, -0.25) is 0 Å². The Morgan fingerprint density at radius 3 is 1.58 bits per heavy atom. The Morgan fingerprint density at radius 2 is 0.836 bits per heavy atom. The minimum Gasteiger partial charge on any atom is -0.310 e. The lowest BCUT2D eigenvalue weighted by atomic mass is 9.67. The fourth-order valence-electron chi connectivity index (χ4n) is 10.9. The molecule has 0 N–H and O–H groups in total. The van der Waals surface area contributed by atoms with E-state index in [0.29, 0.717) is 0 Å². The van der Waals surface area contributed by atoms with E-state index < -0.39 is 5.41 Å². The molecule has 0 amide bonds. The number of nitrogens with zero attached hydrogens (tertiary/aromatic N) is 1. The van der Waals surface area contributed by atoms with Gasteiger partial charge >= 0.3 is 0 Å². The first-order valence-corrected chi connectivity index (χ1v) is 23.9. The van der Waals surface area contributed by atoms with Crippen molar-refractivity contribution in [2.75, 3.05) is 4.90 Å². The van der Waals surface area contributed by atoms with Crippen LogP contribution in [0.4, 0.5) is 17.1 Å². The smallest absolute Gasteiger partial charge is 0.0713 e. The molecule has 1 nitrogen and oxygen atoms in total. The van der Waals surface area contributed by atoms with Gasteiger partial charge in [0.1, 0.15) is 0 Å². The van der Waals surface area contributed by atoms with Crippen LogP contribution < -0.4 is 4.90 Å². The van der Waals surface area contributed by atoms with Gasteiger partial charge in [0.15, 0.2) is 0 Å². The van der Waals surface area contributed by atoms with E-state index in [4.69, 9.17) is 0 Å². The van der Waals surface area contributed by atoms with E-state index in [0.717, 1.165) is 11.4 Å². The zero-order valence-electron chi connectivity index (χ0n) is 36.7. The molecule has 2 heteroatoms. The third-order valence-corrected chi connectivity index (χ3v) is 15.1. The van der Waals surface area contributed by atoms with Gasteiger partial charge in [-0.1, -0.05) is 206 Å². The summed E-state index contributed by atoms with van der Waals surface area (Å²) in [5.41, 5.74) is 17.9. The molecule has 0 radical (unpaired) electrons. The number of hydrogen-bond acceptors (Lipinski definition) is 2. The van der Waals surface area contributed by atoms with Crippen LogP contribution in [0.3, 0.4) is 0 Å². The standard InChI is InChI=1S/C65H43NS/c1-3-20-50(21-4-1)65(51-22-5-2-6-23-51)59-28-11-9-25-56(59)57-41-36-48(43-60(57)65)45-34-39-53(40-35-45)66(61-29-15-31-63-64(61)58-26-10-12-30-62(58)67-63)52-37-32-44(33-38-52)47-18-13-19-49(42-47)55-27-14-17-46-16-7-8-24-54(46)55/h1-43H. The number of benzene rings is 11. The molecule has 0 aliphatic heterocycles. The number of rotatable bonds is 8. The highest BCUT2D eigenvalue weighted by Gasteiger charge is 2.46. The van der Waals surface area contributed by atoms with Crippen molar-refractivity contribution in [2.24, 2.45) is 0 Å². The van der Waals surface area contributed by atoms with Gasteiger partial charge in [0.05, 0.1) is 11.1 Å². The Bertz CT molecular complexity index is 3750. The zero-order chi connectivity index (χ0) is 44.3. The summed E-state index contributed by atoms with van der Waals surface area (Å²) in [5, 5.41) is 5.07. The zero-order valence-corrected chi connectivity index (χ0v) is 37.5. The Labute approximate surface area is 395 Å². The summed E-state index contributed by atoms with van der Waals surface area (Å²) in [7, 11) is 0. The van der Waals surface area contributed by atoms with Crippen LogP contribution in [-0.4, -0.2) is 0 Å². The molecule has 1 aromatic heterocycles. The van der Waals surface area contributed by atoms with E-state index in [9.17, 15) is 0 Å². The first-order valence-electron chi connectivity index (χ1n) is 23.1. The van der Waals surface area contributed by atoms with Crippen LogP contribution in [0.15, 0.2) is 261 Å². The molecule has 314 valence electrons. The van der Waals surface area contributed by atoms with Crippen LogP contribution in [0, 0.1) is 0 Å². The molecule has 1 aliphatic carbocycles. The van der Waals surface area contributed by atoms with Crippen molar-refractivity contribution in [3.8, 4) is 44.5 Å². The van der Waals surface area contributed by atoms with E-state index in [1.165, 1.54) is 103 Å². The number of fused-ring (bicyclic) bond motifs is 7. The Hall–Kier alpha value is -8.30. The molecule has 0 spiro atoms. The monoisotopic (exact) mass is 869 g/mol. The maximum Gasteiger partial charge on any atom is 0.0713 e. The fourth-order valence-corrected chi connectivity index (χ4v) is 12.1. The Balaban J connectivity index is 0.923. The second-order valence-corrected chi connectivity index (χ2v) is 18.7. The molecule has 1 heterocycles. The summed E-state index contributed by atoms with van der Waals surface area (Å²) in [5.74, 6) is 0. The molecule has 0 saturated carbocycles. The topological polar surface area (TPSA) is 3.24 Å². The van der Waals surface area contributed by atoms with Crippen LogP contribution in [-0.2, 0) is 5.41 Å². The summed E-state index contributed by atoms with van der Waals surface area (Å²) in [4.78, 5) is 2.44. The first kappa shape index (κ1) is 39.1. The molecule has 0 unspecified atom stereocenters. The lowest BCUT2D eigenvalue weighted by molar-refractivity contribution is 0.769. The summed E-state index contributed by atoms with van der Waals surface area (Å²) < 4.78 is 2.57. The van der Waals surface area contributed by atoms with Gasteiger partial charge in [-0.25, -0.2) is 0 Å². The predicted octanol–water partition coefficient (Wildman–Crippen LogP) is 18.0. The molecule has 13 rings (SSSR count). The van der Waals surface area contributed by atoms with E-state index in [1.54, 1.807) is 0 Å². The van der Waals surface area contributed by atoms with Crippen molar-refractivity contribution in [3.05, 3.63) is 283 Å². The van der Waals surface area contributed by atoms with E-state index in [1.807, 2.05) is 11.3 Å². The van der Waals surface area contributed by atoms with Crippen LogP contribution >= 0.6 is 11.3 Å². The van der Waals surface area contributed by atoms with Crippen molar-refractivity contribution in [2.45, 2.75) is 5.41 Å². The van der Waals surface area contributed by atoms with E-state index in [-0.39, 0.29) is 0 Å². The van der Waals surface area contributed by atoms with Crippen molar-refractivity contribution in [3.63, 3.8) is 0 Å². The summed E-state index contributed by atoms with van der Waals surface area (Å²) in [6.45, 7) is 0. The molecule has 67 heavy (non-hydrogen) atoms. The molecule has 0 atom stereocenters. The minimum atomic E-state index is -0.452. The highest BCUT2D eigenvalue weighted by molar-refractivity contribution is 7.26. The normalized spacial score (nSPS) is 12.6. The van der Waals surface area contributed by atoms with Gasteiger partial charge < -0.3 is 4.90 Å². The van der Waals surface area contributed by atoms with Crippen molar-refractivity contribution < 1.29 is 0 Å². The highest BCUT2D eigenvalue weighted by atomic mass is 32.1. The highest BCUT2D eigenvalue weighted by Crippen LogP contribution is 2.57. The van der Waals surface area contributed by atoms with Crippen LogP contribution in [0.2, 0.25) is 0 Å². The molecule has 0 bridgehead atoms. The maximum absolute atomic E-state index is 2.45. The van der Waals surface area contributed by atoms with Gasteiger partial charge in [0, 0.05) is 31.5 Å². The largest absolute Gasteiger partial charge is 0.310 e. The average Bonchev–Trinajstić information content (AvgIpc) is 3.94. The SMILES string of the molecule is c1ccc(C2(c3ccccc3)c3ccccc3-c3ccc(-c4ccc(N(c5ccc(-c6cccc(-c7cccc8ccccc78)c6)cc5)c5cccc6sc7ccccc7c56)cc4)cc32)cc1. The quantitative estimate of drug-likeness (QED) is 0.147. The van der Waals surface area contributed by atoms with Gasteiger partial charge in [-0.05, 0) is 132 Å². The number of thiophene rings is 1. The first-order chi connectivity index (χ1) is 33.2. The summed E-state index contributed by atoms with van der Waals surface area (Å²) in [6.07, 6.45) is 0. The number of hydrogen-bond donors (Lipinski definition) is 0. The van der Waals surface area contributed by atoms with E-state index in [2.05, 4.69) is 266 Å².